The van der Waals surface area contributed by atoms with E-state index in [1.807, 2.05) is 20.9 Å². The van der Waals surface area contributed by atoms with Gasteiger partial charge in [-0.2, -0.15) is 0 Å². The molecule has 2 heterocycles. The molecule has 1 aliphatic heterocycles. The molecule has 0 amide bonds. The van der Waals surface area contributed by atoms with Gasteiger partial charge in [0.2, 0.25) is 5.95 Å². The number of nitrogens with zero attached hydrogens (tertiary/aromatic N) is 3. The highest BCUT2D eigenvalue weighted by molar-refractivity contribution is 5.75. The number of hydrogen-bond donors (Lipinski definition) is 2. The normalized spacial score (nSPS) is 19.9. The number of hydrogen-bond acceptors (Lipinski definition) is 7. The molecule has 128 valence electrons. The van der Waals surface area contributed by atoms with E-state index in [4.69, 9.17) is 10.5 Å². The summed E-state index contributed by atoms with van der Waals surface area (Å²) in [4.78, 5) is 34.1. The number of aromatic nitrogens is 2. The molecule has 2 unspecified atom stereocenters. The zero-order valence-electron chi connectivity index (χ0n) is 13.9. The molecule has 1 aromatic heterocycles. The molecular weight excluding hydrogens is 298 g/mol. The predicted molar refractivity (Wildman–Crippen MR) is 86.8 cm³/mol. The smallest absolute Gasteiger partial charge is 0.323 e. The number of H-pyrrole nitrogens is 1. The second-order valence-electron chi connectivity index (χ2n) is 5.90. The van der Waals surface area contributed by atoms with Gasteiger partial charge in [-0.1, -0.05) is 0 Å². The van der Waals surface area contributed by atoms with Crippen LogP contribution in [-0.4, -0.2) is 64.6 Å². The van der Waals surface area contributed by atoms with Gasteiger partial charge in [-0.15, -0.1) is 0 Å². The van der Waals surface area contributed by atoms with Gasteiger partial charge in [-0.3, -0.25) is 24.4 Å². The topological polar surface area (TPSA) is 105 Å². The lowest BCUT2D eigenvalue weighted by Crippen LogP contribution is -2.41. The maximum atomic E-state index is 11.8. The van der Waals surface area contributed by atoms with Gasteiger partial charge in [0.15, 0.2) is 0 Å². The predicted octanol–water partition coefficient (Wildman–Crippen LogP) is -0.190. The van der Waals surface area contributed by atoms with E-state index in [1.165, 1.54) is 6.07 Å². The van der Waals surface area contributed by atoms with Crippen molar-refractivity contribution in [3.8, 4) is 0 Å². The summed E-state index contributed by atoms with van der Waals surface area (Å²) in [7, 11) is 1.99. The molecule has 0 bridgehead atoms. The van der Waals surface area contributed by atoms with Crippen molar-refractivity contribution in [3.05, 3.63) is 22.1 Å². The van der Waals surface area contributed by atoms with Crippen molar-refractivity contribution >= 4 is 11.9 Å². The van der Waals surface area contributed by atoms with Crippen LogP contribution in [-0.2, 0) is 16.1 Å². The quantitative estimate of drug-likeness (QED) is 0.699. The third kappa shape index (κ3) is 4.52. The van der Waals surface area contributed by atoms with Crippen LogP contribution < -0.4 is 11.3 Å². The Balaban J connectivity index is 1.93. The van der Waals surface area contributed by atoms with Crippen LogP contribution in [0.2, 0.25) is 0 Å². The summed E-state index contributed by atoms with van der Waals surface area (Å²) < 4.78 is 5.08. The monoisotopic (exact) mass is 323 g/mol. The second-order valence-corrected chi connectivity index (χ2v) is 5.90. The molecule has 2 rings (SSSR count). The summed E-state index contributed by atoms with van der Waals surface area (Å²) in [6.45, 7) is 6.26. The van der Waals surface area contributed by atoms with Crippen LogP contribution in [0.25, 0.3) is 0 Å². The van der Waals surface area contributed by atoms with E-state index in [0.717, 1.165) is 19.5 Å². The van der Waals surface area contributed by atoms with Crippen LogP contribution in [0.3, 0.4) is 0 Å². The Labute approximate surface area is 135 Å². The lowest BCUT2D eigenvalue weighted by atomic mass is 10.2. The number of likely N-dealkylation sites (N-methyl/N-ethyl adjacent to an activating group) is 1. The second kappa shape index (κ2) is 7.56. The highest BCUT2D eigenvalue weighted by Crippen LogP contribution is 2.18. The van der Waals surface area contributed by atoms with Gasteiger partial charge in [0.05, 0.1) is 12.3 Å². The van der Waals surface area contributed by atoms with E-state index >= 15 is 0 Å². The van der Waals surface area contributed by atoms with E-state index in [0.29, 0.717) is 24.9 Å². The standard InChI is InChI=1S/C15H25N5O3/c1-4-23-14(22)10(2)20-6-5-12(9-20)19(3)8-11-7-13(21)18-15(16)17-11/h7,10,12H,4-6,8-9H2,1-3H3,(H3,16,17,18,21). The third-order valence-electron chi connectivity index (χ3n) is 4.22. The zero-order valence-corrected chi connectivity index (χ0v) is 13.9. The number of esters is 1. The van der Waals surface area contributed by atoms with E-state index in [9.17, 15) is 9.59 Å². The average Bonchev–Trinajstić information content (AvgIpc) is 2.95. The van der Waals surface area contributed by atoms with Gasteiger partial charge < -0.3 is 10.5 Å². The Morgan fingerprint density at radius 2 is 2.39 bits per heavy atom. The van der Waals surface area contributed by atoms with Crippen molar-refractivity contribution < 1.29 is 9.53 Å². The Morgan fingerprint density at radius 3 is 3.04 bits per heavy atom. The molecule has 1 aromatic rings. The van der Waals surface area contributed by atoms with Crippen LogP contribution in [0.1, 0.15) is 26.0 Å². The van der Waals surface area contributed by atoms with Crippen LogP contribution in [0.5, 0.6) is 0 Å². The number of nitrogen functional groups attached to an aromatic ring is 1. The van der Waals surface area contributed by atoms with Crippen molar-refractivity contribution in [3.63, 3.8) is 0 Å². The summed E-state index contributed by atoms with van der Waals surface area (Å²) in [5.74, 6) is -0.0512. The van der Waals surface area contributed by atoms with Crippen molar-refractivity contribution in [2.24, 2.45) is 0 Å². The number of anilines is 1. The summed E-state index contributed by atoms with van der Waals surface area (Å²) in [6.07, 6.45) is 0.957. The first-order valence-corrected chi connectivity index (χ1v) is 7.87. The number of nitrogens with two attached hydrogens (primary N) is 1. The molecule has 8 nitrogen and oxygen atoms in total. The molecule has 1 fully saturated rings. The zero-order chi connectivity index (χ0) is 17.0. The van der Waals surface area contributed by atoms with Crippen molar-refractivity contribution in [1.29, 1.82) is 0 Å². The van der Waals surface area contributed by atoms with Crippen LogP contribution in [0.4, 0.5) is 5.95 Å². The first-order valence-electron chi connectivity index (χ1n) is 7.87. The first-order chi connectivity index (χ1) is 10.9. The van der Waals surface area contributed by atoms with Crippen molar-refractivity contribution in [1.82, 2.24) is 19.8 Å². The van der Waals surface area contributed by atoms with Gasteiger partial charge in [-0.25, -0.2) is 4.98 Å². The van der Waals surface area contributed by atoms with Gasteiger partial charge in [0, 0.05) is 31.7 Å². The third-order valence-corrected chi connectivity index (χ3v) is 4.22. The largest absolute Gasteiger partial charge is 0.465 e. The number of carbonyl (C=O) groups excluding carboxylic acids is 1. The summed E-state index contributed by atoms with van der Waals surface area (Å²) in [5, 5.41) is 0. The molecule has 8 heteroatoms. The van der Waals surface area contributed by atoms with E-state index < -0.39 is 0 Å². The highest BCUT2D eigenvalue weighted by Gasteiger charge is 2.32. The Morgan fingerprint density at radius 1 is 1.65 bits per heavy atom. The fourth-order valence-corrected chi connectivity index (χ4v) is 2.89. The molecule has 3 N–H and O–H groups in total. The Hall–Kier alpha value is -1.93. The minimum absolute atomic E-state index is 0.130. The fraction of sp³-hybridized carbons (Fsp3) is 0.667. The summed E-state index contributed by atoms with van der Waals surface area (Å²) >= 11 is 0. The molecule has 1 saturated heterocycles. The lowest BCUT2D eigenvalue weighted by molar-refractivity contribution is -0.148. The molecule has 0 spiro atoms. The number of aromatic amines is 1. The SMILES string of the molecule is CCOC(=O)C(C)N1CCC(N(C)Cc2cc(=O)[nH]c(N)n2)C1. The Kier molecular flexibility index (Phi) is 5.73. The minimum Gasteiger partial charge on any atom is -0.465 e. The molecular formula is C15H25N5O3. The van der Waals surface area contributed by atoms with Gasteiger partial charge >= 0.3 is 5.97 Å². The molecule has 0 radical (unpaired) electrons. The van der Waals surface area contributed by atoms with E-state index in [-0.39, 0.29) is 23.5 Å². The van der Waals surface area contributed by atoms with Gasteiger partial charge in [-0.05, 0) is 27.3 Å². The number of ether oxygens (including phenoxy) is 1. The lowest BCUT2D eigenvalue weighted by Gasteiger charge is -2.26. The van der Waals surface area contributed by atoms with Crippen LogP contribution in [0, 0.1) is 0 Å². The van der Waals surface area contributed by atoms with E-state index in [1.54, 1.807) is 0 Å². The Bertz CT molecular complexity index is 603. The average molecular weight is 323 g/mol. The molecule has 1 aliphatic rings. The number of rotatable bonds is 6. The van der Waals surface area contributed by atoms with Crippen LogP contribution in [0.15, 0.2) is 10.9 Å². The van der Waals surface area contributed by atoms with E-state index in [2.05, 4.69) is 19.8 Å². The molecule has 0 aromatic carbocycles. The summed E-state index contributed by atoms with van der Waals surface area (Å²) in [6, 6.07) is 1.52. The van der Waals surface area contributed by atoms with Gasteiger partial charge in [0.25, 0.3) is 5.56 Å². The van der Waals surface area contributed by atoms with Crippen LogP contribution >= 0.6 is 0 Å². The molecule has 0 saturated carbocycles. The minimum atomic E-state index is -0.245. The highest BCUT2D eigenvalue weighted by atomic mass is 16.5. The molecule has 0 aliphatic carbocycles. The van der Waals surface area contributed by atoms with Crippen molar-refractivity contribution in [2.75, 3.05) is 32.5 Å². The fourth-order valence-electron chi connectivity index (χ4n) is 2.89. The maximum Gasteiger partial charge on any atom is 0.323 e. The molecule has 2 atom stereocenters. The number of nitrogens with one attached hydrogen (secondary N) is 1. The summed E-state index contributed by atoms with van der Waals surface area (Å²) in [5.41, 5.74) is 5.97. The number of likely N-dealkylation sites (tertiary alicyclic amines) is 1. The molecule has 23 heavy (non-hydrogen) atoms. The maximum absolute atomic E-state index is 11.8. The van der Waals surface area contributed by atoms with Gasteiger partial charge in [0.1, 0.15) is 6.04 Å². The first kappa shape index (κ1) is 17.4. The number of carbonyl (C=O) groups is 1. The van der Waals surface area contributed by atoms with Crippen molar-refractivity contribution in [2.45, 2.75) is 38.9 Å².